The zero-order chi connectivity index (χ0) is 21.2. The molecule has 7 heteroatoms. The number of aliphatic hydroxyl groups excluding tert-OH is 1. The number of aromatic amines is 1. The van der Waals surface area contributed by atoms with Crippen LogP contribution in [0, 0.1) is 0 Å². The highest BCUT2D eigenvalue weighted by molar-refractivity contribution is 6.08. The van der Waals surface area contributed by atoms with Gasteiger partial charge in [0, 0.05) is 23.9 Å². The topological polar surface area (TPSA) is 101 Å². The SMILES string of the molecule is O=C(c1ccc(Oc2nccnc2[C@@H]2CCCC(O)C2)cc1)c1nc2ccccc2[nH]1. The molecule has 2 atom stereocenters. The third-order valence-electron chi connectivity index (χ3n) is 5.66. The lowest BCUT2D eigenvalue weighted by atomic mass is 9.85. The number of fused-ring (bicyclic) bond motifs is 1. The molecule has 2 aromatic carbocycles. The van der Waals surface area contributed by atoms with Gasteiger partial charge in [-0.15, -0.1) is 0 Å². The van der Waals surface area contributed by atoms with Crippen LogP contribution in [0.15, 0.2) is 60.9 Å². The van der Waals surface area contributed by atoms with E-state index in [0.29, 0.717) is 29.4 Å². The minimum atomic E-state index is -0.308. The van der Waals surface area contributed by atoms with Crippen LogP contribution in [0.2, 0.25) is 0 Å². The molecule has 0 aliphatic heterocycles. The monoisotopic (exact) mass is 414 g/mol. The molecule has 0 saturated heterocycles. The number of ketones is 1. The summed E-state index contributed by atoms with van der Waals surface area (Å²) in [5.74, 6) is 1.26. The molecule has 1 unspecified atom stereocenters. The average Bonchev–Trinajstić information content (AvgIpc) is 3.24. The minimum absolute atomic E-state index is 0.126. The Morgan fingerprint density at radius 2 is 1.84 bits per heavy atom. The van der Waals surface area contributed by atoms with E-state index in [2.05, 4.69) is 19.9 Å². The highest BCUT2D eigenvalue weighted by Crippen LogP contribution is 2.36. The number of nitrogens with one attached hydrogen (secondary N) is 1. The van der Waals surface area contributed by atoms with Crippen LogP contribution in [0.3, 0.4) is 0 Å². The van der Waals surface area contributed by atoms with E-state index >= 15 is 0 Å². The van der Waals surface area contributed by atoms with Crippen molar-refractivity contribution in [2.75, 3.05) is 0 Å². The second-order valence-electron chi connectivity index (χ2n) is 7.82. The number of imidazole rings is 1. The van der Waals surface area contributed by atoms with Gasteiger partial charge in [0.15, 0.2) is 5.82 Å². The zero-order valence-corrected chi connectivity index (χ0v) is 16.9. The van der Waals surface area contributed by atoms with E-state index in [4.69, 9.17) is 4.74 Å². The molecule has 1 aliphatic rings. The van der Waals surface area contributed by atoms with Crippen LogP contribution in [-0.2, 0) is 0 Å². The molecule has 0 bridgehead atoms. The number of carbonyl (C=O) groups excluding carboxylic acids is 1. The van der Waals surface area contributed by atoms with E-state index in [9.17, 15) is 9.90 Å². The summed E-state index contributed by atoms with van der Waals surface area (Å²) >= 11 is 0. The lowest BCUT2D eigenvalue weighted by molar-refractivity contribution is 0.103. The predicted molar refractivity (Wildman–Crippen MR) is 115 cm³/mol. The summed E-state index contributed by atoms with van der Waals surface area (Å²) < 4.78 is 6.00. The molecule has 0 radical (unpaired) electrons. The molecule has 156 valence electrons. The van der Waals surface area contributed by atoms with Crippen LogP contribution in [0.5, 0.6) is 11.6 Å². The van der Waals surface area contributed by atoms with Gasteiger partial charge in [0.2, 0.25) is 11.7 Å². The molecule has 1 saturated carbocycles. The van der Waals surface area contributed by atoms with Crippen LogP contribution in [-0.4, -0.2) is 36.9 Å². The van der Waals surface area contributed by atoms with Crippen molar-refractivity contribution in [2.24, 2.45) is 0 Å². The number of hydrogen-bond donors (Lipinski definition) is 2. The number of aromatic nitrogens is 4. The van der Waals surface area contributed by atoms with Crippen molar-refractivity contribution in [3.05, 3.63) is 78.0 Å². The molecule has 4 aromatic rings. The molecule has 2 heterocycles. The highest BCUT2D eigenvalue weighted by Gasteiger charge is 2.26. The van der Waals surface area contributed by atoms with Gasteiger partial charge in [-0.25, -0.2) is 9.97 Å². The summed E-state index contributed by atoms with van der Waals surface area (Å²) in [5, 5.41) is 10.0. The standard InChI is InChI=1S/C24H22N4O3/c29-17-5-3-4-16(14-17)21-24(26-13-12-25-21)31-18-10-8-15(9-11-18)22(30)23-27-19-6-1-2-7-20(19)28-23/h1-2,6-13,16-17,29H,3-5,14H2,(H,27,28)/t16-,17?/m1/s1. The largest absolute Gasteiger partial charge is 0.437 e. The van der Waals surface area contributed by atoms with E-state index in [0.717, 1.165) is 36.0 Å². The summed E-state index contributed by atoms with van der Waals surface area (Å²) in [7, 11) is 0. The maximum absolute atomic E-state index is 12.8. The van der Waals surface area contributed by atoms with Gasteiger partial charge in [-0.3, -0.25) is 9.78 Å². The van der Waals surface area contributed by atoms with Gasteiger partial charge >= 0.3 is 0 Å². The number of para-hydroxylation sites is 2. The van der Waals surface area contributed by atoms with Crippen molar-refractivity contribution in [3.63, 3.8) is 0 Å². The summed E-state index contributed by atoms with van der Waals surface area (Å²) in [6, 6.07) is 14.4. The van der Waals surface area contributed by atoms with Gasteiger partial charge in [-0.05, 0) is 55.7 Å². The number of carbonyl (C=O) groups is 1. The zero-order valence-electron chi connectivity index (χ0n) is 16.9. The summed E-state index contributed by atoms with van der Waals surface area (Å²) in [4.78, 5) is 29.1. The Labute approximate surface area is 179 Å². The van der Waals surface area contributed by atoms with Gasteiger partial charge in [-0.2, -0.15) is 0 Å². The molecule has 7 nitrogen and oxygen atoms in total. The average molecular weight is 414 g/mol. The van der Waals surface area contributed by atoms with Crippen LogP contribution in [0.4, 0.5) is 0 Å². The van der Waals surface area contributed by atoms with Gasteiger partial charge in [0.1, 0.15) is 11.4 Å². The van der Waals surface area contributed by atoms with Crippen molar-refractivity contribution >= 4 is 16.8 Å². The molecule has 2 N–H and O–H groups in total. The fourth-order valence-electron chi connectivity index (χ4n) is 4.09. The Hall–Kier alpha value is -3.58. The molecule has 0 spiro atoms. The summed E-state index contributed by atoms with van der Waals surface area (Å²) in [6.07, 6.45) is 6.35. The van der Waals surface area contributed by atoms with Crippen molar-refractivity contribution in [1.82, 2.24) is 19.9 Å². The molecule has 5 rings (SSSR count). The molecule has 2 aromatic heterocycles. The fraction of sp³-hybridized carbons (Fsp3) is 0.250. The van der Waals surface area contributed by atoms with E-state index in [-0.39, 0.29) is 17.8 Å². The lowest BCUT2D eigenvalue weighted by Gasteiger charge is -2.26. The number of ether oxygens (including phenoxy) is 1. The van der Waals surface area contributed by atoms with Gasteiger partial charge < -0.3 is 14.8 Å². The third kappa shape index (κ3) is 4.04. The van der Waals surface area contributed by atoms with Gasteiger partial charge in [0.05, 0.1) is 17.1 Å². The number of benzene rings is 2. The second-order valence-corrected chi connectivity index (χ2v) is 7.82. The van der Waals surface area contributed by atoms with Gasteiger partial charge in [-0.1, -0.05) is 18.6 Å². The van der Waals surface area contributed by atoms with E-state index in [1.54, 1.807) is 36.7 Å². The Bertz CT molecular complexity index is 1190. The Morgan fingerprint density at radius 3 is 2.65 bits per heavy atom. The number of hydrogen-bond acceptors (Lipinski definition) is 6. The molecular weight excluding hydrogens is 392 g/mol. The first-order valence-electron chi connectivity index (χ1n) is 10.4. The maximum Gasteiger partial charge on any atom is 0.241 e. The quantitative estimate of drug-likeness (QED) is 0.470. The van der Waals surface area contributed by atoms with Crippen LogP contribution >= 0.6 is 0 Å². The first-order chi connectivity index (χ1) is 15.2. The maximum atomic E-state index is 12.8. The number of rotatable bonds is 5. The Kier molecular flexibility index (Phi) is 5.18. The number of aliphatic hydroxyl groups is 1. The van der Waals surface area contributed by atoms with Crippen LogP contribution in [0.25, 0.3) is 11.0 Å². The van der Waals surface area contributed by atoms with E-state index in [1.165, 1.54) is 0 Å². The normalized spacial score (nSPS) is 18.7. The third-order valence-corrected chi connectivity index (χ3v) is 5.66. The lowest BCUT2D eigenvalue weighted by Crippen LogP contribution is -2.19. The fourth-order valence-corrected chi connectivity index (χ4v) is 4.09. The van der Waals surface area contributed by atoms with Crippen LogP contribution in [0.1, 0.15) is 53.5 Å². The molecule has 1 fully saturated rings. The van der Waals surface area contributed by atoms with E-state index < -0.39 is 0 Å². The molecular formula is C24H22N4O3. The molecule has 31 heavy (non-hydrogen) atoms. The van der Waals surface area contributed by atoms with Crippen molar-refractivity contribution in [1.29, 1.82) is 0 Å². The predicted octanol–water partition coefficient (Wildman–Crippen LogP) is 4.39. The Balaban J connectivity index is 1.34. The minimum Gasteiger partial charge on any atom is -0.437 e. The smallest absolute Gasteiger partial charge is 0.241 e. The number of nitrogens with zero attached hydrogens (tertiary/aromatic N) is 3. The first-order valence-corrected chi connectivity index (χ1v) is 10.4. The van der Waals surface area contributed by atoms with Crippen molar-refractivity contribution in [3.8, 4) is 11.6 Å². The summed E-state index contributed by atoms with van der Waals surface area (Å²) in [5.41, 5.74) is 2.87. The van der Waals surface area contributed by atoms with Gasteiger partial charge in [0.25, 0.3) is 0 Å². The van der Waals surface area contributed by atoms with Crippen LogP contribution < -0.4 is 4.74 Å². The van der Waals surface area contributed by atoms with E-state index in [1.807, 2.05) is 24.3 Å². The summed E-state index contributed by atoms with van der Waals surface area (Å²) in [6.45, 7) is 0. The first kappa shape index (κ1) is 19.4. The molecule has 1 aliphatic carbocycles. The molecule has 0 amide bonds. The highest BCUT2D eigenvalue weighted by atomic mass is 16.5. The Morgan fingerprint density at radius 1 is 1.03 bits per heavy atom. The van der Waals surface area contributed by atoms with Crippen molar-refractivity contribution < 1.29 is 14.6 Å². The van der Waals surface area contributed by atoms with Crippen molar-refractivity contribution in [2.45, 2.75) is 37.7 Å². The second kappa shape index (κ2) is 8.28. The number of H-pyrrole nitrogens is 1.